The third kappa shape index (κ3) is 4.54. The average molecular weight is 241 g/mol. The highest BCUT2D eigenvalue weighted by molar-refractivity contribution is 5.69. The van der Waals surface area contributed by atoms with Gasteiger partial charge < -0.3 is 15.1 Å². The van der Waals surface area contributed by atoms with Gasteiger partial charge in [0.15, 0.2) is 0 Å². The third-order valence-electron chi connectivity index (χ3n) is 2.48. The van der Waals surface area contributed by atoms with Crippen molar-refractivity contribution in [3.63, 3.8) is 0 Å². The highest BCUT2D eigenvalue weighted by Gasteiger charge is 2.13. The molecule has 1 rings (SSSR count). The third-order valence-corrected chi connectivity index (χ3v) is 2.48. The number of aromatic nitrogens is 2. The Bertz CT molecular complexity index is 365. The highest BCUT2D eigenvalue weighted by Crippen LogP contribution is 2.05. The van der Waals surface area contributed by atoms with Gasteiger partial charge in [-0.05, 0) is 7.05 Å². The molecule has 0 aliphatic rings. The van der Waals surface area contributed by atoms with Crippen molar-refractivity contribution in [1.29, 1.82) is 0 Å². The van der Waals surface area contributed by atoms with Crippen molar-refractivity contribution in [2.45, 2.75) is 20.0 Å². The largest absolute Gasteiger partial charge is 0.481 e. The van der Waals surface area contributed by atoms with Crippen molar-refractivity contribution in [1.82, 2.24) is 14.7 Å². The second-order valence-corrected chi connectivity index (χ2v) is 4.27. The number of rotatable bonds is 7. The first kappa shape index (κ1) is 13.7. The van der Waals surface area contributed by atoms with E-state index in [0.29, 0.717) is 19.6 Å². The summed E-state index contributed by atoms with van der Waals surface area (Å²) in [6, 6.07) is 0. The minimum absolute atomic E-state index is 0.0625. The molecule has 2 N–H and O–H groups in total. The maximum absolute atomic E-state index is 10.7. The summed E-state index contributed by atoms with van der Waals surface area (Å²) in [6.45, 7) is 3.39. The maximum atomic E-state index is 10.7. The van der Waals surface area contributed by atoms with E-state index in [1.54, 1.807) is 17.8 Å². The maximum Gasteiger partial charge on any atom is 0.307 e. The Kier molecular flexibility index (Phi) is 5.11. The monoisotopic (exact) mass is 241 g/mol. The van der Waals surface area contributed by atoms with Gasteiger partial charge >= 0.3 is 5.97 Å². The molecular formula is C11H19N3O3. The zero-order chi connectivity index (χ0) is 12.8. The van der Waals surface area contributed by atoms with E-state index in [0.717, 1.165) is 5.56 Å². The van der Waals surface area contributed by atoms with E-state index in [1.807, 2.05) is 18.1 Å². The molecule has 1 heterocycles. The number of nitrogens with zero attached hydrogens (tertiary/aromatic N) is 3. The van der Waals surface area contributed by atoms with Crippen molar-refractivity contribution in [3.8, 4) is 0 Å². The molecule has 0 saturated heterocycles. The summed E-state index contributed by atoms with van der Waals surface area (Å²) in [5.74, 6) is -1.17. The average Bonchev–Trinajstić information content (AvgIpc) is 2.65. The molecule has 0 radical (unpaired) electrons. The molecule has 1 unspecified atom stereocenters. The number of aliphatic hydroxyl groups excluding tert-OH is 1. The standard InChI is InChI=1S/C11H19N3O3/c1-9(11(16)17)6-13(2)7-10-5-12-14(8-10)3-4-15/h5,8-9,15H,3-4,6-7H2,1-2H3,(H,16,17). The van der Waals surface area contributed by atoms with E-state index in [1.165, 1.54) is 0 Å². The van der Waals surface area contributed by atoms with Crippen LogP contribution in [0.1, 0.15) is 12.5 Å². The second-order valence-electron chi connectivity index (χ2n) is 4.27. The Morgan fingerprint density at radius 1 is 1.65 bits per heavy atom. The number of hydrogen-bond donors (Lipinski definition) is 2. The Morgan fingerprint density at radius 3 is 2.94 bits per heavy atom. The number of carbonyl (C=O) groups is 1. The van der Waals surface area contributed by atoms with Crippen molar-refractivity contribution < 1.29 is 15.0 Å². The predicted octanol–water partition coefficient (Wildman–Crippen LogP) is 0.0279. The van der Waals surface area contributed by atoms with E-state index >= 15 is 0 Å². The van der Waals surface area contributed by atoms with Crippen molar-refractivity contribution in [2.75, 3.05) is 20.2 Å². The SMILES string of the molecule is CC(CN(C)Cc1cnn(CCO)c1)C(=O)O. The highest BCUT2D eigenvalue weighted by atomic mass is 16.4. The summed E-state index contributed by atoms with van der Waals surface area (Å²) in [5.41, 5.74) is 1.01. The number of carboxylic acids is 1. The normalized spacial score (nSPS) is 12.9. The zero-order valence-corrected chi connectivity index (χ0v) is 10.2. The van der Waals surface area contributed by atoms with Gasteiger partial charge in [0.1, 0.15) is 0 Å². The molecule has 0 saturated carbocycles. The molecular weight excluding hydrogens is 222 g/mol. The Hall–Kier alpha value is -1.40. The number of aliphatic carboxylic acids is 1. The van der Waals surface area contributed by atoms with Crippen LogP contribution in [-0.4, -0.2) is 51.1 Å². The van der Waals surface area contributed by atoms with Gasteiger partial charge in [0, 0.05) is 24.8 Å². The van der Waals surface area contributed by atoms with Gasteiger partial charge in [0.2, 0.25) is 0 Å². The molecule has 6 nitrogen and oxygen atoms in total. The van der Waals surface area contributed by atoms with E-state index in [9.17, 15) is 4.79 Å². The van der Waals surface area contributed by atoms with Crippen molar-refractivity contribution in [3.05, 3.63) is 18.0 Å². The molecule has 0 aliphatic heterocycles. The van der Waals surface area contributed by atoms with Gasteiger partial charge in [0.05, 0.1) is 25.3 Å². The van der Waals surface area contributed by atoms with Crippen LogP contribution in [0.2, 0.25) is 0 Å². The Labute approximate surface area is 100 Å². The van der Waals surface area contributed by atoms with Crippen LogP contribution in [-0.2, 0) is 17.9 Å². The van der Waals surface area contributed by atoms with Gasteiger partial charge in [0.25, 0.3) is 0 Å². The minimum Gasteiger partial charge on any atom is -0.481 e. The van der Waals surface area contributed by atoms with Crippen LogP contribution in [0, 0.1) is 5.92 Å². The lowest BCUT2D eigenvalue weighted by Crippen LogP contribution is -2.28. The lowest BCUT2D eigenvalue weighted by atomic mass is 10.1. The topological polar surface area (TPSA) is 78.6 Å². The minimum atomic E-state index is -0.784. The Balaban J connectivity index is 2.44. The van der Waals surface area contributed by atoms with Crippen LogP contribution < -0.4 is 0 Å². The lowest BCUT2D eigenvalue weighted by molar-refractivity contribution is -0.141. The van der Waals surface area contributed by atoms with Crippen LogP contribution >= 0.6 is 0 Å². The molecule has 17 heavy (non-hydrogen) atoms. The number of aliphatic hydroxyl groups is 1. The molecule has 1 aromatic rings. The van der Waals surface area contributed by atoms with Crippen LogP contribution in [0.15, 0.2) is 12.4 Å². The second kappa shape index (κ2) is 6.36. The van der Waals surface area contributed by atoms with Gasteiger partial charge in [-0.2, -0.15) is 5.10 Å². The fourth-order valence-corrected chi connectivity index (χ4v) is 1.63. The molecule has 0 amide bonds. The summed E-state index contributed by atoms with van der Waals surface area (Å²) < 4.78 is 1.67. The molecule has 0 aliphatic carbocycles. The van der Waals surface area contributed by atoms with E-state index in [2.05, 4.69) is 5.10 Å². The quantitative estimate of drug-likeness (QED) is 0.704. The van der Waals surface area contributed by atoms with Gasteiger partial charge in [-0.1, -0.05) is 6.92 Å². The molecule has 6 heteroatoms. The predicted molar refractivity (Wildman–Crippen MR) is 62.4 cm³/mol. The fourth-order valence-electron chi connectivity index (χ4n) is 1.63. The van der Waals surface area contributed by atoms with Gasteiger partial charge in [-0.25, -0.2) is 0 Å². The molecule has 0 spiro atoms. The summed E-state index contributed by atoms with van der Waals surface area (Å²) in [4.78, 5) is 12.6. The van der Waals surface area contributed by atoms with Crippen LogP contribution in [0.25, 0.3) is 0 Å². The zero-order valence-electron chi connectivity index (χ0n) is 10.2. The molecule has 1 aromatic heterocycles. The first-order valence-electron chi connectivity index (χ1n) is 5.56. The molecule has 1 atom stereocenters. The van der Waals surface area contributed by atoms with Gasteiger partial charge in [-0.3, -0.25) is 9.48 Å². The van der Waals surface area contributed by atoms with Gasteiger partial charge in [-0.15, -0.1) is 0 Å². The van der Waals surface area contributed by atoms with E-state index < -0.39 is 5.97 Å². The van der Waals surface area contributed by atoms with Crippen molar-refractivity contribution in [2.24, 2.45) is 5.92 Å². The first-order chi connectivity index (χ1) is 8.02. The van der Waals surface area contributed by atoms with E-state index in [-0.39, 0.29) is 12.5 Å². The molecule has 0 bridgehead atoms. The van der Waals surface area contributed by atoms with Crippen LogP contribution in [0.3, 0.4) is 0 Å². The van der Waals surface area contributed by atoms with Crippen molar-refractivity contribution >= 4 is 5.97 Å². The number of hydrogen-bond acceptors (Lipinski definition) is 4. The summed E-state index contributed by atoms with van der Waals surface area (Å²) >= 11 is 0. The molecule has 0 fully saturated rings. The molecule has 96 valence electrons. The first-order valence-corrected chi connectivity index (χ1v) is 5.56. The van der Waals surface area contributed by atoms with Crippen LogP contribution in [0.5, 0.6) is 0 Å². The van der Waals surface area contributed by atoms with E-state index in [4.69, 9.17) is 10.2 Å². The number of carboxylic acid groups (broad SMARTS) is 1. The molecule has 0 aromatic carbocycles. The Morgan fingerprint density at radius 2 is 2.35 bits per heavy atom. The summed E-state index contributed by atoms with van der Waals surface area (Å²) in [5, 5.41) is 21.6. The fraction of sp³-hybridized carbons (Fsp3) is 0.636. The van der Waals surface area contributed by atoms with Crippen LogP contribution in [0.4, 0.5) is 0 Å². The smallest absolute Gasteiger partial charge is 0.307 e. The lowest BCUT2D eigenvalue weighted by Gasteiger charge is -2.17. The summed E-state index contributed by atoms with van der Waals surface area (Å²) in [6.07, 6.45) is 3.59. The summed E-state index contributed by atoms with van der Waals surface area (Å²) in [7, 11) is 1.88.